The van der Waals surface area contributed by atoms with Crippen LogP contribution in [0.3, 0.4) is 0 Å². The summed E-state index contributed by atoms with van der Waals surface area (Å²) in [6, 6.07) is 9.96. The van der Waals surface area contributed by atoms with Crippen molar-refractivity contribution in [3.63, 3.8) is 0 Å². The molecule has 2 aromatic carbocycles. The smallest absolute Gasteiger partial charge is 0.261 e. The van der Waals surface area contributed by atoms with Crippen molar-refractivity contribution >= 4 is 33.2 Å². The number of hydrogen-bond donors (Lipinski definition) is 1. The van der Waals surface area contributed by atoms with Crippen LogP contribution in [-0.2, 0) is 10.0 Å². The van der Waals surface area contributed by atoms with Gasteiger partial charge < -0.3 is 4.90 Å². The van der Waals surface area contributed by atoms with E-state index in [9.17, 15) is 17.6 Å². The number of nitrogens with one attached hydrogen (secondary N) is 1. The Morgan fingerprint density at radius 3 is 2.43 bits per heavy atom. The number of amides is 1. The molecule has 2 fully saturated rings. The van der Waals surface area contributed by atoms with Gasteiger partial charge in [0.25, 0.3) is 15.9 Å². The lowest BCUT2D eigenvalue weighted by molar-refractivity contribution is 0.0780. The van der Waals surface area contributed by atoms with Gasteiger partial charge in [-0.3, -0.25) is 14.4 Å². The third-order valence-electron chi connectivity index (χ3n) is 5.69. The number of carbonyl (C=O) groups excluding carboxylic acids is 1. The van der Waals surface area contributed by atoms with Gasteiger partial charge in [0, 0.05) is 30.4 Å². The summed E-state index contributed by atoms with van der Waals surface area (Å²) in [5, 5.41) is -0.267. The Balaban J connectivity index is 1.41. The molecule has 2 aromatic rings. The highest BCUT2D eigenvalue weighted by Crippen LogP contribution is 2.24. The van der Waals surface area contributed by atoms with E-state index in [0.29, 0.717) is 17.3 Å². The van der Waals surface area contributed by atoms with Gasteiger partial charge >= 0.3 is 0 Å². The minimum absolute atomic E-state index is 0.0450. The highest BCUT2D eigenvalue weighted by molar-refractivity contribution is 7.92. The van der Waals surface area contributed by atoms with E-state index in [1.807, 2.05) is 4.90 Å². The minimum Gasteiger partial charge on any atom is -0.337 e. The van der Waals surface area contributed by atoms with Gasteiger partial charge in [0.15, 0.2) is 0 Å². The molecule has 1 amide bonds. The van der Waals surface area contributed by atoms with Crippen molar-refractivity contribution in [1.82, 2.24) is 9.80 Å². The molecule has 0 aliphatic carbocycles. The Labute approximate surface area is 180 Å². The van der Waals surface area contributed by atoms with Crippen molar-refractivity contribution in [2.45, 2.75) is 30.2 Å². The average molecular weight is 452 g/mol. The van der Waals surface area contributed by atoms with Crippen molar-refractivity contribution in [2.75, 3.05) is 30.9 Å². The Hall–Kier alpha value is -2.16. The molecule has 6 nitrogen and oxygen atoms in total. The Kier molecular flexibility index (Phi) is 5.99. The summed E-state index contributed by atoms with van der Waals surface area (Å²) < 4.78 is 40.7. The van der Waals surface area contributed by atoms with E-state index >= 15 is 0 Å². The molecule has 0 radical (unpaired) electrons. The number of halogens is 2. The maximum Gasteiger partial charge on any atom is 0.261 e. The predicted octanol–water partition coefficient (Wildman–Crippen LogP) is 3.59. The number of nitrogens with zero attached hydrogens (tertiary/aromatic N) is 2. The molecule has 160 valence electrons. The number of rotatable bonds is 5. The molecule has 0 bridgehead atoms. The van der Waals surface area contributed by atoms with Gasteiger partial charge in [-0.05, 0) is 74.8 Å². The second-order valence-electron chi connectivity index (χ2n) is 7.70. The summed E-state index contributed by atoms with van der Waals surface area (Å²) in [5.74, 6) is -0.733. The quantitative estimate of drug-likeness (QED) is 0.754. The molecule has 9 heteroatoms. The summed E-state index contributed by atoms with van der Waals surface area (Å²) in [4.78, 5) is 17.0. The maximum atomic E-state index is 13.3. The molecule has 30 heavy (non-hydrogen) atoms. The van der Waals surface area contributed by atoms with Crippen molar-refractivity contribution in [1.29, 1.82) is 0 Å². The van der Waals surface area contributed by atoms with Crippen LogP contribution in [0.1, 0.15) is 29.6 Å². The zero-order valence-corrected chi connectivity index (χ0v) is 17.9. The van der Waals surface area contributed by atoms with E-state index in [1.165, 1.54) is 12.8 Å². The first-order valence-electron chi connectivity index (χ1n) is 9.95. The van der Waals surface area contributed by atoms with Crippen molar-refractivity contribution < 1.29 is 17.6 Å². The highest BCUT2D eigenvalue weighted by atomic mass is 35.5. The third-order valence-corrected chi connectivity index (χ3v) is 7.36. The van der Waals surface area contributed by atoms with Gasteiger partial charge in [0.2, 0.25) is 0 Å². The molecule has 2 aliphatic rings. The lowest BCUT2D eigenvalue weighted by Crippen LogP contribution is -2.37. The Morgan fingerprint density at radius 1 is 1.07 bits per heavy atom. The second kappa shape index (κ2) is 8.53. The van der Waals surface area contributed by atoms with E-state index < -0.39 is 15.8 Å². The van der Waals surface area contributed by atoms with E-state index in [4.69, 9.17) is 11.6 Å². The maximum absolute atomic E-state index is 13.3. The summed E-state index contributed by atoms with van der Waals surface area (Å²) in [6.07, 6.45) is 3.45. The van der Waals surface area contributed by atoms with Crippen molar-refractivity contribution in [3.05, 3.63) is 58.9 Å². The van der Waals surface area contributed by atoms with E-state index in [-0.39, 0.29) is 15.8 Å². The number of carbonyl (C=O) groups is 1. The van der Waals surface area contributed by atoms with Gasteiger partial charge in [-0.2, -0.15) is 0 Å². The summed E-state index contributed by atoms with van der Waals surface area (Å²) >= 11 is 5.68. The van der Waals surface area contributed by atoms with E-state index in [2.05, 4.69) is 9.62 Å². The summed E-state index contributed by atoms with van der Waals surface area (Å²) in [5.41, 5.74) is 0.827. The van der Waals surface area contributed by atoms with Crippen LogP contribution in [0.25, 0.3) is 0 Å². The first-order valence-corrected chi connectivity index (χ1v) is 11.8. The number of likely N-dealkylation sites (tertiary alicyclic amines) is 2. The largest absolute Gasteiger partial charge is 0.337 e. The Morgan fingerprint density at radius 2 is 1.77 bits per heavy atom. The zero-order chi connectivity index (χ0) is 21.3. The lowest BCUT2D eigenvalue weighted by atomic mass is 10.2. The Bertz CT molecular complexity index is 1040. The first kappa shape index (κ1) is 21.1. The average Bonchev–Trinajstić information content (AvgIpc) is 3.41. The fraction of sp³-hybridized carbons (Fsp3) is 0.381. The number of sulfonamides is 1. The van der Waals surface area contributed by atoms with Crippen LogP contribution in [0, 0.1) is 5.82 Å². The van der Waals surface area contributed by atoms with E-state index in [0.717, 1.165) is 50.8 Å². The molecular weight excluding hydrogens is 429 g/mol. The third kappa shape index (κ3) is 4.45. The van der Waals surface area contributed by atoms with E-state index in [1.54, 1.807) is 24.3 Å². The summed E-state index contributed by atoms with van der Waals surface area (Å²) in [6.45, 7) is 3.69. The number of benzene rings is 2. The topological polar surface area (TPSA) is 69.7 Å². The highest BCUT2D eigenvalue weighted by Gasteiger charge is 2.31. The predicted molar refractivity (Wildman–Crippen MR) is 114 cm³/mol. The van der Waals surface area contributed by atoms with Gasteiger partial charge in [0.1, 0.15) is 5.82 Å². The lowest BCUT2D eigenvalue weighted by Gasteiger charge is -2.23. The molecule has 0 saturated carbocycles. The van der Waals surface area contributed by atoms with Crippen LogP contribution >= 0.6 is 11.6 Å². The molecule has 4 rings (SSSR count). The van der Waals surface area contributed by atoms with Crippen LogP contribution in [-0.4, -0.2) is 56.3 Å². The normalized spacial score (nSPS) is 19.9. The van der Waals surface area contributed by atoms with Crippen LogP contribution in [0.5, 0.6) is 0 Å². The van der Waals surface area contributed by atoms with Crippen LogP contribution in [0.2, 0.25) is 5.02 Å². The number of anilines is 1. The fourth-order valence-electron chi connectivity index (χ4n) is 4.05. The minimum atomic E-state index is -3.92. The van der Waals surface area contributed by atoms with Crippen LogP contribution in [0.15, 0.2) is 47.4 Å². The molecule has 2 heterocycles. The SMILES string of the molecule is O=C(c1ccc(NS(=O)(=O)c2ccc(F)c(Cl)c2)cc1)N1CCC(N2CCCC2)C1. The van der Waals surface area contributed by atoms with Gasteiger partial charge in [0.05, 0.1) is 9.92 Å². The number of hydrogen-bond acceptors (Lipinski definition) is 4. The van der Waals surface area contributed by atoms with Gasteiger partial charge in [-0.1, -0.05) is 11.6 Å². The van der Waals surface area contributed by atoms with Gasteiger partial charge in [-0.25, -0.2) is 12.8 Å². The first-order chi connectivity index (χ1) is 14.3. The monoisotopic (exact) mass is 451 g/mol. The van der Waals surface area contributed by atoms with Crippen molar-refractivity contribution in [3.8, 4) is 0 Å². The van der Waals surface area contributed by atoms with Gasteiger partial charge in [-0.15, -0.1) is 0 Å². The second-order valence-corrected chi connectivity index (χ2v) is 9.79. The molecule has 1 unspecified atom stereocenters. The molecular formula is C21H23ClFN3O3S. The van der Waals surface area contributed by atoms with Crippen LogP contribution in [0.4, 0.5) is 10.1 Å². The molecule has 0 aromatic heterocycles. The molecule has 1 atom stereocenters. The summed E-state index contributed by atoms with van der Waals surface area (Å²) in [7, 11) is -3.92. The molecule has 1 N–H and O–H groups in total. The standard InChI is InChI=1S/C21H23ClFN3O3S/c22-19-13-18(7-8-20(19)23)30(28,29)24-16-5-3-15(4-6-16)21(27)26-12-9-17(14-26)25-10-1-2-11-25/h3-8,13,17,24H,1-2,9-12,14H2. The zero-order valence-electron chi connectivity index (χ0n) is 16.4. The molecule has 2 aliphatic heterocycles. The molecule has 0 spiro atoms. The fourth-order valence-corrected chi connectivity index (χ4v) is 5.38. The van der Waals surface area contributed by atoms with Crippen LogP contribution < -0.4 is 4.72 Å². The van der Waals surface area contributed by atoms with Crippen molar-refractivity contribution in [2.24, 2.45) is 0 Å². The molecule has 2 saturated heterocycles.